The highest BCUT2D eigenvalue weighted by Gasteiger charge is 2.24. The quantitative estimate of drug-likeness (QED) is 0.277. The molecule has 3 aromatic rings. The fourth-order valence-corrected chi connectivity index (χ4v) is 5.91. The van der Waals surface area contributed by atoms with Crippen LogP contribution in [0.1, 0.15) is 34.1 Å². The monoisotopic (exact) mass is 583 g/mol. The van der Waals surface area contributed by atoms with E-state index in [0.29, 0.717) is 29.1 Å². The molecule has 11 nitrogen and oxygen atoms in total. The Morgan fingerprint density at radius 1 is 0.951 bits per heavy atom. The summed E-state index contributed by atoms with van der Waals surface area (Å²) in [6.45, 7) is 13.0. The topological polar surface area (TPSA) is 122 Å². The van der Waals surface area contributed by atoms with E-state index in [2.05, 4.69) is 48.4 Å². The molecule has 4 rings (SSSR count). The molecule has 1 fully saturated rings. The number of nitrogens with one attached hydrogen (secondary N) is 2. The van der Waals surface area contributed by atoms with E-state index < -0.39 is 15.1 Å². The average molecular weight is 584 g/mol. The Balaban J connectivity index is 1.43. The Hall–Kier alpha value is -3.48. The van der Waals surface area contributed by atoms with E-state index in [1.54, 1.807) is 45.2 Å². The van der Waals surface area contributed by atoms with Gasteiger partial charge in [0.2, 0.25) is 11.9 Å². The van der Waals surface area contributed by atoms with Crippen LogP contribution in [0.5, 0.6) is 5.75 Å². The Kier molecular flexibility index (Phi) is 10.4. The van der Waals surface area contributed by atoms with Crippen molar-refractivity contribution in [2.75, 3.05) is 62.0 Å². The Labute approximate surface area is 243 Å². The summed E-state index contributed by atoms with van der Waals surface area (Å²) in [5.41, 5.74) is 2.21. The lowest BCUT2D eigenvalue weighted by Gasteiger charge is -2.39. The van der Waals surface area contributed by atoms with Crippen LogP contribution in [0.3, 0.4) is 0 Å². The summed E-state index contributed by atoms with van der Waals surface area (Å²) in [4.78, 5) is 18.0. The van der Waals surface area contributed by atoms with Crippen molar-refractivity contribution in [3.8, 4) is 5.75 Å². The third-order valence-corrected chi connectivity index (χ3v) is 9.46. The maximum atomic E-state index is 12.8. The zero-order chi connectivity index (χ0) is 29.4. The van der Waals surface area contributed by atoms with Crippen molar-refractivity contribution in [2.24, 2.45) is 0 Å². The van der Waals surface area contributed by atoms with Crippen LogP contribution in [-0.4, -0.2) is 86.1 Å². The van der Waals surface area contributed by atoms with Crippen LogP contribution >= 0.6 is 0 Å². The zero-order valence-corrected chi connectivity index (χ0v) is 25.3. The Morgan fingerprint density at radius 2 is 1.63 bits per heavy atom. The second kappa shape index (κ2) is 13.9. The highest BCUT2D eigenvalue weighted by molar-refractivity contribution is 7.92. The van der Waals surface area contributed by atoms with Gasteiger partial charge in [0.15, 0.2) is 9.84 Å². The standard InChI is InChI=1S/C29H41N7O4S/c1-6-40-18-13-22(4)35-14-16-36(17-15-35)23-11-12-24(26(19-23)39-5)32-28-30-20-31-29(34-28)33-25-9-7-8-10-27(25)41(37,38)21(2)3/h7-12,19-22H,6,13-18H2,1-5H3,(H2,30,31,32,33,34). The molecule has 1 aliphatic heterocycles. The molecule has 2 aromatic carbocycles. The molecule has 2 heterocycles. The van der Waals surface area contributed by atoms with Gasteiger partial charge in [-0.1, -0.05) is 12.1 Å². The number of nitrogens with zero attached hydrogens (tertiary/aromatic N) is 5. The summed E-state index contributed by atoms with van der Waals surface area (Å²) in [5, 5.41) is 5.68. The van der Waals surface area contributed by atoms with Gasteiger partial charge in [0, 0.05) is 57.2 Å². The van der Waals surface area contributed by atoms with E-state index in [0.717, 1.165) is 51.5 Å². The van der Waals surface area contributed by atoms with E-state index in [1.807, 2.05) is 19.1 Å². The van der Waals surface area contributed by atoms with E-state index in [-0.39, 0.29) is 10.8 Å². The van der Waals surface area contributed by atoms with Gasteiger partial charge in [0.25, 0.3) is 0 Å². The van der Waals surface area contributed by atoms with E-state index in [1.165, 1.54) is 6.33 Å². The first-order chi connectivity index (χ1) is 19.7. The molecule has 0 bridgehead atoms. The molecular formula is C29H41N7O4S. The smallest absolute Gasteiger partial charge is 0.232 e. The molecule has 0 amide bonds. The number of piperazine rings is 1. The van der Waals surface area contributed by atoms with E-state index in [4.69, 9.17) is 9.47 Å². The lowest BCUT2D eigenvalue weighted by atomic mass is 10.1. The number of ether oxygens (including phenoxy) is 2. The molecule has 1 aromatic heterocycles. The summed E-state index contributed by atoms with van der Waals surface area (Å²) in [5.74, 6) is 1.18. The third kappa shape index (κ3) is 7.63. The van der Waals surface area contributed by atoms with Gasteiger partial charge < -0.3 is 25.0 Å². The van der Waals surface area contributed by atoms with Gasteiger partial charge in [0.1, 0.15) is 12.1 Å². The van der Waals surface area contributed by atoms with Crippen LogP contribution in [0.15, 0.2) is 53.7 Å². The molecule has 0 spiro atoms. The summed E-state index contributed by atoms with van der Waals surface area (Å²) in [6, 6.07) is 13.3. The minimum Gasteiger partial charge on any atom is -0.494 e. The largest absolute Gasteiger partial charge is 0.494 e. The first kappa shape index (κ1) is 30.5. The number of sulfone groups is 1. The molecule has 1 unspecified atom stereocenters. The second-order valence-electron chi connectivity index (χ2n) is 10.2. The summed E-state index contributed by atoms with van der Waals surface area (Å²) in [7, 11) is -1.87. The number of anilines is 5. The van der Waals surface area contributed by atoms with Crippen molar-refractivity contribution in [3.63, 3.8) is 0 Å². The maximum Gasteiger partial charge on any atom is 0.232 e. The van der Waals surface area contributed by atoms with E-state index in [9.17, 15) is 8.42 Å². The predicted molar refractivity (Wildman–Crippen MR) is 163 cm³/mol. The van der Waals surface area contributed by atoms with Crippen LogP contribution in [-0.2, 0) is 14.6 Å². The van der Waals surface area contributed by atoms with Crippen LogP contribution in [0, 0.1) is 0 Å². The summed E-state index contributed by atoms with van der Waals surface area (Å²) in [6.07, 6.45) is 2.41. The SMILES string of the molecule is CCOCCC(C)N1CCN(c2ccc(Nc3ncnc(Nc4ccccc4S(=O)(=O)C(C)C)n3)c(OC)c2)CC1. The average Bonchev–Trinajstić information content (AvgIpc) is 2.98. The predicted octanol–water partition coefficient (Wildman–Crippen LogP) is 4.49. The molecule has 0 saturated carbocycles. The molecule has 12 heteroatoms. The van der Waals surface area contributed by atoms with Gasteiger partial charge in [0.05, 0.1) is 28.6 Å². The van der Waals surface area contributed by atoms with Crippen molar-refractivity contribution in [3.05, 3.63) is 48.8 Å². The number of aromatic nitrogens is 3. The molecule has 0 aliphatic carbocycles. The molecule has 0 radical (unpaired) electrons. The molecule has 1 aliphatic rings. The van der Waals surface area contributed by atoms with Crippen LogP contribution in [0.25, 0.3) is 0 Å². The van der Waals surface area contributed by atoms with Gasteiger partial charge in [-0.15, -0.1) is 0 Å². The van der Waals surface area contributed by atoms with Gasteiger partial charge in [-0.2, -0.15) is 4.98 Å². The lowest BCUT2D eigenvalue weighted by Crippen LogP contribution is -2.49. The molecule has 222 valence electrons. The summed E-state index contributed by atoms with van der Waals surface area (Å²) >= 11 is 0. The van der Waals surface area contributed by atoms with Crippen molar-refractivity contribution < 1.29 is 17.9 Å². The lowest BCUT2D eigenvalue weighted by molar-refractivity contribution is 0.107. The second-order valence-corrected chi connectivity index (χ2v) is 12.7. The summed E-state index contributed by atoms with van der Waals surface area (Å²) < 4.78 is 36.9. The number of hydrogen-bond acceptors (Lipinski definition) is 11. The highest BCUT2D eigenvalue weighted by Crippen LogP contribution is 2.32. The van der Waals surface area contributed by atoms with Crippen molar-refractivity contribution in [2.45, 2.75) is 50.3 Å². The van der Waals surface area contributed by atoms with Gasteiger partial charge in [-0.3, -0.25) is 4.90 Å². The number of benzene rings is 2. The molecule has 1 saturated heterocycles. The highest BCUT2D eigenvalue weighted by atomic mass is 32.2. The molecular weight excluding hydrogens is 542 g/mol. The van der Waals surface area contributed by atoms with Gasteiger partial charge in [-0.05, 0) is 58.4 Å². The van der Waals surface area contributed by atoms with Crippen molar-refractivity contribution in [1.29, 1.82) is 0 Å². The van der Waals surface area contributed by atoms with E-state index >= 15 is 0 Å². The molecule has 1 atom stereocenters. The molecule has 41 heavy (non-hydrogen) atoms. The first-order valence-corrected chi connectivity index (χ1v) is 15.6. The number of hydrogen-bond donors (Lipinski definition) is 2. The Bertz CT molecular complexity index is 1400. The minimum atomic E-state index is -3.50. The fraction of sp³-hybridized carbons (Fsp3) is 0.483. The first-order valence-electron chi connectivity index (χ1n) is 14.0. The van der Waals surface area contributed by atoms with Crippen molar-refractivity contribution in [1.82, 2.24) is 19.9 Å². The number of para-hydroxylation sites is 1. The molecule has 2 N–H and O–H groups in total. The zero-order valence-electron chi connectivity index (χ0n) is 24.5. The Morgan fingerprint density at radius 3 is 2.29 bits per heavy atom. The maximum absolute atomic E-state index is 12.8. The fourth-order valence-electron chi connectivity index (χ4n) is 4.71. The van der Waals surface area contributed by atoms with Crippen LogP contribution in [0.4, 0.5) is 29.0 Å². The van der Waals surface area contributed by atoms with Crippen molar-refractivity contribution >= 4 is 38.8 Å². The van der Waals surface area contributed by atoms with Crippen LogP contribution in [0.2, 0.25) is 0 Å². The number of methoxy groups -OCH3 is 1. The van der Waals surface area contributed by atoms with Gasteiger partial charge in [-0.25, -0.2) is 18.4 Å². The number of rotatable bonds is 13. The minimum absolute atomic E-state index is 0.197. The third-order valence-electron chi connectivity index (χ3n) is 7.25. The van der Waals surface area contributed by atoms with Crippen LogP contribution < -0.4 is 20.3 Å². The normalized spacial score (nSPS) is 15.1. The van der Waals surface area contributed by atoms with Gasteiger partial charge >= 0.3 is 0 Å².